The summed E-state index contributed by atoms with van der Waals surface area (Å²) in [7, 11) is -1.21. The Morgan fingerprint density at radius 1 is 1.43 bits per heavy atom. The van der Waals surface area contributed by atoms with Crippen LogP contribution in [0.3, 0.4) is 0 Å². The summed E-state index contributed by atoms with van der Waals surface area (Å²) < 4.78 is 35.8. The second-order valence-corrected chi connectivity index (χ2v) is 7.43. The summed E-state index contributed by atoms with van der Waals surface area (Å²) >= 11 is 0. The third-order valence-electron chi connectivity index (χ3n) is 3.46. The molecule has 0 amide bonds. The Balaban J connectivity index is 1.79. The molecule has 0 bridgehead atoms. The highest BCUT2D eigenvalue weighted by Gasteiger charge is 2.27. The summed E-state index contributed by atoms with van der Waals surface area (Å²) in [6, 6.07) is 6.35. The van der Waals surface area contributed by atoms with E-state index >= 15 is 0 Å². The smallest absolute Gasteiger partial charge is 0.191 e. The number of guanidine groups is 1. The molecule has 116 valence electrons. The average Bonchev–Trinajstić information content (AvgIpc) is 2.78. The molecule has 0 radical (unpaired) electrons. The van der Waals surface area contributed by atoms with Gasteiger partial charge in [0.2, 0.25) is 0 Å². The van der Waals surface area contributed by atoms with E-state index in [2.05, 4.69) is 15.6 Å². The van der Waals surface area contributed by atoms with E-state index in [-0.39, 0.29) is 23.2 Å². The van der Waals surface area contributed by atoms with Crippen LogP contribution in [0.25, 0.3) is 0 Å². The highest BCUT2D eigenvalue weighted by molar-refractivity contribution is 7.91. The molecule has 1 fully saturated rings. The molecular formula is C14H20FN3O2S. The van der Waals surface area contributed by atoms with Gasteiger partial charge in [0.05, 0.1) is 11.5 Å². The monoisotopic (exact) mass is 313 g/mol. The molecule has 1 aromatic rings. The molecule has 1 aliphatic rings. The zero-order valence-electron chi connectivity index (χ0n) is 12.0. The van der Waals surface area contributed by atoms with E-state index in [9.17, 15) is 12.8 Å². The lowest BCUT2D eigenvalue weighted by molar-refractivity contribution is 0.567. The number of hydrogen-bond acceptors (Lipinski definition) is 3. The van der Waals surface area contributed by atoms with Gasteiger partial charge in [-0.25, -0.2) is 12.8 Å². The summed E-state index contributed by atoms with van der Waals surface area (Å²) in [5.74, 6) is 0.954. The first-order valence-electron chi connectivity index (χ1n) is 6.88. The summed E-state index contributed by atoms with van der Waals surface area (Å²) in [6.45, 7) is 1.03. The Bertz CT molecular complexity index is 616. The molecule has 0 aromatic heterocycles. The molecule has 1 saturated heterocycles. The van der Waals surface area contributed by atoms with Gasteiger partial charge in [-0.2, -0.15) is 0 Å². The van der Waals surface area contributed by atoms with Crippen LogP contribution >= 0.6 is 0 Å². The van der Waals surface area contributed by atoms with Crippen LogP contribution in [0.1, 0.15) is 12.0 Å². The van der Waals surface area contributed by atoms with Crippen molar-refractivity contribution in [1.82, 2.24) is 10.6 Å². The molecule has 21 heavy (non-hydrogen) atoms. The maximum Gasteiger partial charge on any atom is 0.191 e. The summed E-state index contributed by atoms with van der Waals surface area (Å²) in [6.07, 6.45) is 0.691. The lowest BCUT2D eigenvalue weighted by atomic mass is 10.1. The van der Waals surface area contributed by atoms with Gasteiger partial charge < -0.3 is 10.6 Å². The Morgan fingerprint density at radius 2 is 2.24 bits per heavy atom. The van der Waals surface area contributed by atoms with E-state index in [4.69, 9.17) is 0 Å². The van der Waals surface area contributed by atoms with Gasteiger partial charge in [0.25, 0.3) is 0 Å². The first-order valence-corrected chi connectivity index (χ1v) is 8.70. The standard InChI is InChI=1S/C14H20FN3O2S/c1-16-14(17-8-11-3-2-4-13(15)7-11)18-9-12-5-6-21(19,20)10-12/h2-4,7,12H,5-6,8-10H2,1H3,(H2,16,17,18). The number of rotatable bonds is 4. The molecule has 1 atom stereocenters. The van der Waals surface area contributed by atoms with E-state index in [1.165, 1.54) is 12.1 Å². The van der Waals surface area contributed by atoms with Crippen LogP contribution in [-0.2, 0) is 16.4 Å². The third-order valence-corrected chi connectivity index (χ3v) is 5.29. The van der Waals surface area contributed by atoms with Gasteiger partial charge in [-0.05, 0) is 30.0 Å². The predicted molar refractivity (Wildman–Crippen MR) is 81.4 cm³/mol. The van der Waals surface area contributed by atoms with Crippen LogP contribution < -0.4 is 10.6 Å². The Kier molecular flexibility index (Phi) is 5.17. The van der Waals surface area contributed by atoms with Gasteiger partial charge in [0.15, 0.2) is 15.8 Å². The third kappa shape index (κ3) is 5.00. The van der Waals surface area contributed by atoms with Crippen LogP contribution in [0.5, 0.6) is 0 Å². The second kappa shape index (κ2) is 6.89. The van der Waals surface area contributed by atoms with E-state index in [1.54, 1.807) is 13.1 Å². The fourth-order valence-corrected chi connectivity index (χ4v) is 4.19. The molecule has 2 N–H and O–H groups in total. The fraction of sp³-hybridized carbons (Fsp3) is 0.500. The lowest BCUT2D eigenvalue weighted by Gasteiger charge is -2.14. The number of nitrogens with zero attached hydrogens (tertiary/aromatic N) is 1. The molecule has 0 saturated carbocycles. The molecule has 2 rings (SSSR count). The largest absolute Gasteiger partial charge is 0.356 e. The van der Waals surface area contributed by atoms with Gasteiger partial charge in [-0.15, -0.1) is 0 Å². The van der Waals surface area contributed by atoms with Crippen molar-refractivity contribution in [3.8, 4) is 0 Å². The maximum atomic E-state index is 13.1. The fourth-order valence-electron chi connectivity index (χ4n) is 2.33. The van der Waals surface area contributed by atoms with Crippen LogP contribution in [0.4, 0.5) is 4.39 Å². The molecule has 7 heteroatoms. The quantitative estimate of drug-likeness (QED) is 0.641. The van der Waals surface area contributed by atoms with Gasteiger partial charge in [0.1, 0.15) is 5.82 Å². The molecule has 1 aliphatic heterocycles. The first-order chi connectivity index (χ1) is 9.98. The summed E-state index contributed by atoms with van der Waals surface area (Å²) in [5.41, 5.74) is 0.821. The van der Waals surface area contributed by atoms with Gasteiger partial charge in [-0.3, -0.25) is 4.99 Å². The number of benzene rings is 1. The summed E-state index contributed by atoms with van der Waals surface area (Å²) in [5, 5.41) is 6.20. The zero-order valence-corrected chi connectivity index (χ0v) is 12.8. The Hall–Kier alpha value is -1.63. The molecule has 0 aliphatic carbocycles. The average molecular weight is 313 g/mol. The van der Waals surface area contributed by atoms with Crippen LogP contribution in [0.2, 0.25) is 0 Å². The normalized spacial score (nSPS) is 21.2. The van der Waals surface area contributed by atoms with Crippen molar-refractivity contribution in [2.24, 2.45) is 10.9 Å². The predicted octanol–water partition coefficient (Wildman–Crippen LogP) is 0.925. The van der Waals surface area contributed by atoms with Crippen molar-refractivity contribution < 1.29 is 12.8 Å². The maximum absolute atomic E-state index is 13.1. The zero-order chi connectivity index (χ0) is 15.3. The number of hydrogen-bond donors (Lipinski definition) is 2. The van der Waals surface area contributed by atoms with Crippen LogP contribution in [-0.4, -0.2) is 39.5 Å². The van der Waals surface area contributed by atoms with Crippen LogP contribution in [0, 0.1) is 11.7 Å². The Labute approximate surface area is 124 Å². The van der Waals surface area contributed by atoms with Crippen molar-refractivity contribution >= 4 is 15.8 Å². The Morgan fingerprint density at radius 3 is 2.86 bits per heavy atom. The topological polar surface area (TPSA) is 70.6 Å². The highest BCUT2D eigenvalue weighted by Crippen LogP contribution is 2.17. The SMILES string of the molecule is CN=C(NCc1cccc(F)c1)NCC1CCS(=O)(=O)C1. The molecule has 1 heterocycles. The second-order valence-electron chi connectivity index (χ2n) is 5.21. The van der Waals surface area contributed by atoms with Crippen LogP contribution in [0.15, 0.2) is 29.3 Å². The van der Waals surface area contributed by atoms with E-state index in [0.717, 1.165) is 5.56 Å². The molecular weight excluding hydrogens is 293 g/mol. The number of halogens is 1. The van der Waals surface area contributed by atoms with Crippen molar-refractivity contribution in [1.29, 1.82) is 0 Å². The molecule has 5 nitrogen and oxygen atoms in total. The minimum Gasteiger partial charge on any atom is -0.356 e. The number of nitrogens with one attached hydrogen (secondary N) is 2. The van der Waals surface area contributed by atoms with E-state index in [0.29, 0.717) is 25.5 Å². The van der Waals surface area contributed by atoms with Gasteiger partial charge in [-0.1, -0.05) is 12.1 Å². The summed E-state index contributed by atoms with van der Waals surface area (Å²) in [4.78, 5) is 4.07. The van der Waals surface area contributed by atoms with Crippen molar-refractivity contribution in [2.75, 3.05) is 25.1 Å². The minimum absolute atomic E-state index is 0.128. The minimum atomic E-state index is -2.85. The van der Waals surface area contributed by atoms with Gasteiger partial charge in [0, 0.05) is 20.1 Å². The number of sulfone groups is 1. The molecule has 0 spiro atoms. The van der Waals surface area contributed by atoms with Crippen molar-refractivity contribution in [2.45, 2.75) is 13.0 Å². The lowest BCUT2D eigenvalue weighted by Crippen LogP contribution is -2.39. The highest BCUT2D eigenvalue weighted by atomic mass is 32.2. The van der Waals surface area contributed by atoms with Crippen molar-refractivity contribution in [3.63, 3.8) is 0 Å². The molecule has 1 unspecified atom stereocenters. The van der Waals surface area contributed by atoms with Crippen molar-refractivity contribution in [3.05, 3.63) is 35.6 Å². The molecule has 1 aromatic carbocycles. The van der Waals surface area contributed by atoms with E-state index < -0.39 is 9.84 Å². The number of aliphatic imine (C=N–C) groups is 1. The first kappa shape index (κ1) is 15.8. The van der Waals surface area contributed by atoms with Gasteiger partial charge >= 0.3 is 0 Å². The van der Waals surface area contributed by atoms with E-state index in [1.807, 2.05) is 6.07 Å².